The lowest BCUT2D eigenvalue weighted by Crippen LogP contribution is -2.19. The van der Waals surface area contributed by atoms with E-state index in [1.54, 1.807) is 0 Å². The Morgan fingerprint density at radius 3 is 2.71 bits per heavy atom. The van der Waals surface area contributed by atoms with E-state index in [9.17, 15) is 4.39 Å². The summed E-state index contributed by atoms with van der Waals surface area (Å²) in [5, 5.41) is 3.47. The van der Waals surface area contributed by atoms with Crippen molar-refractivity contribution in [2.75, 3.05) is 0 Å². The maximum Gasteiger partial charge on any atom is 0.137 e. The molecule has 0 radical (unpaired) electrons. The molecule has 2 aromatic heterocycles. The first-order valence-electron chi connectivity index (χ1n) is 7.06. The van der Waals surface area contributed by atoms with E-state index in [-0.39, 0.29) is 11.9 Å². The van der Waals surface area contributed by atoms with Crippen LogP contribution >= 0.6 is 0 Å². The maximum atomic E-state index is 13.0. The van der Waals surface area contributed by atoms with Crippen molar-refractivity contribution in [3.63, 3.8) is 0 Å². The molecule has 2 heterocycles. The zero-order valence-electron chi connectivity index (χ0n) is 12.2. The van der Waals surface area contributed by atoms with Gasteiger partial charge in [0.05, 0.1) is 11.4 Å². The summed E-state index contributed by atoms with van der Waals surface area (Å²) in [5.74, 6) is -0.205. The number of hydrogen-bond acceptors (Lipinski definition) is 2. The number of fused-ring (bicyclic) bond motifs is 1. The van der Waals surface area contributed by atoms with Crippen LogP contribution in [0.1, 0.15) is 29.9 Å². The van der Waals surface area contributed by atoms with Crippen molar-refractivity contribution in [2.45, 2.75) is 26.4 Å². The van der Waals surface area contributed by atoms with Gasteiger partial charge in [0.15, 0.2) is 0 Å². The van der Waals surface area contributed by atoms with Crippen molar-refractivity contribution in [3.8, 4) is 0 Å². The van der Waals surface area contributed by atoms with E-state index >= 15 is 0 Å². The first-order valence-corrected chi connectivity index (χ1v) is 7.06. The van der Waals surface area contributed by atoms with Crippen LogP contribution in [0.15, 0.2) is 48.7 Å². The van der Waals surface area contributed by atoms with Gasteiger partial charge in [-0.15, -0.1) is 0 Å². The summed E-state index contributed by atoms with van der Waals surface area (Å²) in [6.45, 7) is 4.81. The molecule has 3 aromatic rings. The molecule has 1 aromatic carbocycles. The number of aromatic nitrogens is 2. The molecule has 1 unspecified atom stereocenters. The number of rotatable bonds is 4. The fourth-order valence-electron chi connectivity index (χ4n) is 2.50. The number of pyridine rings is 1. The van der Waals surface area contributed by atoms with E-state index in [1.807, 2.05) is 43.5 Å². The van der Waals surface area contributed by atoms with E-state index < -0.39 is 0 Å². The molecule has 3 nitrogen and oxygen atoms in total. The highest BCUT2D eigenvalue weighted by molar-refractivity contribution is 5.42. The Morgan fingerprint density at radius 1 is 1.19 bits per heavy atom. The summed E-state index contributed by atoms with van der Waals surface area (Å²) in [6, 6.07) is 12.8. The average Bonchev–Trinajstić information content (AvgIpc) is 2.81. The SMILES string of the molecule is Cc1nc2ccccn2c1CNC(C)c1ccc(F)cc1. The van der Waals surface area contributed by atoms with Crippen molar-refractivity contribution < 1.29 is 4.39 Å². The Kier molecular flexibility index (Phi) is 3.71. The Labute approximate surface area is 123 Å². The molecular weight excluding hydrogens is 265 g/mol. The first kappa shape index (κ1) is 13.8. The predicted molar refractivity (Wildman–Crippen MR) is 81.6 cm³/mol. The molecule has 0 spiro atoms. The van der Waals surface area contributed by atoms with Gasteiger partial charge in [0, 0.05) is 18.8 Å². The number of nitrogens with zero attached hydrogens (tertiary/aromatic N) is 2. The molecule has 0 aliphatic carbocycles. The molecule has 4 heteroatoms. The van der Waals surface area contributed by atoms with Crippen LogP contribution in [0, 0.1) is 12.7 Å². The second-order valence-corrected chi connectivity index (χ2v) is 5.23. The van der Waals surface area contributed by atoms with E-state index in [0.717, 1.165) is 29.1 Å². The van der Waals surface area contributed by atoms with Crippen LogP contribution in [0.5, 0.6) is 0 Å². The summed E-state index contributed by atoms with van der Waals surface area (Å²) < 4.78 is 15.1. The smallest absolute Gasteiger partial charge is 0.137 e. The molecule has 108 valence electrons. The molecule has 0 saturated carbocycles. The fraction of sp³-hybridized carbons (Fsp3) is 0.235. The summed E-state index contributed by atoms with van der Waals surface area (Å²) in [4.78, 5) is 4.55. The number of halogens is 1. The Hall–Kier alpha value is -2.20. The Bertz CT molecular complexity index is 746. The lowest BCUT2D eigenvalue weighted by atomic mass is 10.1. The quantitative estimate of drug-likeness (QED) is 0.792. The van der Waals surface area contributed by atoms with Gasteiger partial charge in [-0.3, -0.25) is 0 Å². The highest BCUT2D eigenvalue weighted by Crippen LogP contribution is 2.16. The third-order valence-corrected chi connectivity index (χ3v) is 3.77. The van der Waals surface area contributed by atoms with E-state index in [2.05, 4.69) is 21.6 Å². The summed E-state index contributed by atoms with van der Waals surface area (Å²) in [7, 11) is 0. The molecule has 1 atom stereocenters. The summed E-state index contributed by atoms with van der Waals surface area (Å²) in [5.41, 5.74) is 4.21. The average molecular weight is 283 g/mol. The standard InChI is InChI=1S/C17H18FN3/c1-12(14-6-8-15(18)9-7-14)19-11-16-13(2)20-17-5-3-4-10-21(16)17/h3-10,12,19H,11H2,1-2H3. The molecule has 0 fully saturated rings. The largest absolute Gasteiger partial charge is 0.305 e. The third-order valence-electron chi connectivity index (χ3n) is 3.77. The van der Waals surface area contributed by atoms with Crippen molar-refractivity contribution in [1.82, 2.24) is 14.7 Å². The van der Waals surface area contributed by atoms with Gasteiger partial charge >= 0.3 is 0 Å². The van der Waals surface area contributed by atoms with Crippen LogP contribution < -0.4 is 5.32 Å². The zero-order chi connectivity index (χ0) is 14.8. The highest BCUT2D eigenvalue weighted by Gasteiger charge is 2.10. The molecule has 0 saturated heterocycles. The van der Waals surface area contributed by atoms with Crippen molar-refractivity contribution >= 4 is 5.65 Å². The molecule has 0 amide bonds. The van der Waals surface area contributed by atoms with Gasteiger partial charge in [-0.2, -0.15) is 0 Å². The Balaban J connectivity index is 1.77. The van der Waals surface area contributed by atoms with Gasteiger partial charge in [0.25, 0.3) is 0 Å². The predicted octanol–water partition coefficient (Wildman–Crippen LogP) is 3.63. The number of hydrogen-bond donors (Lipinski definition) is 1. The first-order chi connectivity index (χ1) is 10.1. The minimum absolute atomic E-state index is 0.152. The normalized spacial score (nSPS) is 12.7. The molecule has 0 aliphatic heterocycles. The van der Waals surface area contributed by atoms with Crippen LogP contribution in [0.4, 0.5) is 4.39 Å². The number of benzene rings is 1. The highest BCUT2D eigenvalue weighted by atomic mass is 19.1. The van der Waals surface area contributed by atoms with E-state index in [4.69, 9.17) is 0 Å². The molecule has 21 heavy (non-hydrogen) atoms. The van der Waals surface area contributed by atoms with Gasteiger partial charge in [0.2, 0.25) is 0 Å². The molecule has 0 bridgehead atoms. The van der Waals surface area contributed by atoms with Gasteiger partial charge in [-0.1, -0.05) is 18.2 Å². The topological polar surface area (TPSA) is 29.3 Å². The minimum Gasteiger partial charge on any atom is -0.305 e. The monoisotopic (exact) mass is 283 g/mol. The van der Waals surface area contributed by atoms with Gasteiger partial charge in [-0.25, -0.2) is 9.37 Å². The third kappa shape index (κ3) is 2.81. The van der Waals surface area contributed by atoms with Gasteiger partial charge in [-0.05, 0) is 43.7 Å². The van der Waals surface area contributed by atoms with E-state index in [0.29, 0.717) is 0 Å². The van der Waals surface area contributed by atoms with Crippen LogP contribution in [0.3, 0.4) is 0 Å². The van der Waals surface area contributed by atoms with Crippen LogP contribution in [-0.4, -0.2) is 9.38 Å². The fourth-order valence-corrected chi connectivity index (χ4v) is 2.50. The van der Waals surface area contributed by atoms with Crippen molar-refractivity contribution in [2.24, 2.45) is 0 Å². The van der Waals surface area contributed by atoms with Gasteiger partial charge < -0.3 is 9.72 Å². The number of imidazole rings is 1. The molecule has 0 aliphatic rings. The number of nitrogens with one attached hydrogen (secondary N) is 1. The molecule has 3 rings (SSSR count). The lowest BCUT2D eigenvalue weighted by Gasteiger charge is -2.14. The van der Waals surface area contributed by atoms with Crippen LogP contribution in [0.2, 0.25) is 0 Å². The van der Waals surface area contributed by atoms with Gasteiger partial charge in [0.1, 0.15) is 11.5 Å². The molecular formula is C17H18FN3. The van der Waals surface area contributed by atoms with Crippen LogP contribution in [-0.2, 0) is 6.54 Å². The summed E-state index contributed by atoms with van der Waals surface area (Å²) in [6.07, 6.45) is 2.02. The second-order valence-electron chi connectivity index (χ2n) is 5.23. The molecule has 1 N–H and O–H groups in total. The Morgan fingerprint density at radius 2 is 1.95 bits per heavy atom. The van der Waals surface area contributed by atoms with Crippen LogP contribution in [0.25, 0.3) is 5.65 Å². The number of aryl methyl sites for hydroxylation is 1. The summed E-state index contributed by atoms with van der Waals surface area (Å²) >= 11 is 0. The zero-order valence-corrected chi connectivity index (χ0v) is 12.2. The second kappa shape index (κ2) is 5.66. The minimum atomic E-state index is -0.205. The maximum absolute atomic E-state index is 13.0. The van der Waals surface area contributed by atoms with E-state index in [1.165, 1.54) is 12.1 Å². The lowest BCUT2D eigenvalue weighted by molar-refractivity contribution is 0.561. The van der Waals surface area contributed by atoms with Crippen molar-refractivity contribution in [1.29, 1.82) is 0 Å². The van der Waals surface area contributed by atoms with Crippen molar-refractivity contribution in [3.05, 3.63) is 71.4 Å².